The molecule has 2 aromatic carbocycles. The Morgan fingerprint density at radius 3 is 2.69 bits per heavy atom. The number of hydrogen-bond donors (Lipinski definition) is 0. The standard InChI is InChI=1S/C21H23N3O2/c1-14-5-4-6-18-17(14)11-12-25-19(18)21-22-20(23-26-21)16-9-7-15(8-10-16)13-24(2)3/h4-10,19H,11-13H2,1-3H3. The number of hydrogen-bond acceptors (Lipinski definition) is 5. The highest BCUT2D eigenvalue weighted by Crippen LogP contribution is 2.34. The van der Waals surface area contributed by atoms with E-state index in [0.29, 0.717) is 18.3 Å². The van der Waals surface area contributed by atoms with E-state index in [1.807, 2.05) is 12.1 Å². The van der Waals surface area contributed by atoms with Crippen LogP contribution in [-0.4, -0.2) is 35.7 Å². The van der Waals surface area contributed by atoms with Gasteiger partial charge in [0.05, 0.1) is 6.61 Å². The van der Waals surface area contributed by atoms with E-state index in [1.165, 1.54) is 16.7 Å². The molecule has 2 heterocycles. The zero-order chi connectivity index (χ0) is 18.1. The molecule has 1 aliphatic rings. The molecule has 3 aromatic rings. The summed E-state index contributed by atoms with van der Waals surface area (Å²) in [6.07, 6.45) is 0.639. The van der Waals surface area contributed by atoms with Gasteiger partial charge in [0, 0.05) is 12.1 Å². The molecule has 0 saturated carbocycles. The average molecular weight is 349 g/mol. The maximum atomic E-state index is 5.96. The predicted octanol–water partition coefficient (Wildman–Crippen LogP) is 3.77. The quantitative estimate of drug-likeness (QED) is 0.718. The highest BCUT2D eigenvalue weighted by atomic mass is 16.5. The number of fused-ring (bicyclic) bond motifs is 1. The fraction of sp³-hybridized carbons (Fsp3) is 0.333. The van der Waals surface area contributed by atoms with Crippen molar-refractivity contribution < 1.29 is 9.26 Å². The molecule has 0 amide bonds. The highest BCUT2D eigenvalue weighted by Gasteiger charge is 2.28. The van der Waals surface area contributed by atoms with Crippen LogP contribution in [0.5, 0.6) is 0 Å². The van der Waals surface area contributed by atoms with E-state index in [1.54, 1.807) is 0 Å². The van der Waals surface area contributed by atoms with Crippen LogP contribution in [0.4, 0.5) is 0 Å². The van der Waals surface area contributed by atoms with Gasteiger partial charge in [-0.1, -0.05) is 47.6 Å². The van der Waals surface area contributed by atoms with Crippen molar-refractivity contribution in [1.82, 2.24) is 15.0 Å². The molecule has 4 rings (SSSR count). The largest absolute Gasteiger partial charge is 0.363 e. The maximum absolute atomic E-state index is 5.96. The minimum absolute atomic E-state index is 0.284. The molecule has 1 atom stereocenters. The normalized spacial score (nSPS) is 16.7. The third kappa shape index (κ3) is 3.28. The molecule has 1 aromatic heterocycles. The molecule has 0 fully saturated rings. The van der Waals surface area contributed by atoms with Crippen LogP contribution in [0.3, 0.4) is 0 Å². The van der Waals surface area contributed by atoms with E-state index >= 15 is 0 Å². The van der Waals surface area contributed by atoms with Gasteiger partial charge in [-0.15, -0.1) is 0 Å². The first-order chi connectivity index (χ1) is 12.6. The number of aromatic nitrogens is 2. The van der Waals surface area contributed by atoms with Gasteiger partial charge >= 0.3 is 0 Å². The molecular weight excluding hydrogens is 326 g/mol. The molecule has 1 aliphatic heterocycles. The summed E-state index contributed by atoms with van der Waals surface area (Å²) in [6, 6.07) is 14.5. The van der Waals surface area contributed by atoms with Crippen molar-refractivity contribution in [2.75, 3.05) is 20.7 Å². The molecule has 0 spiro atoms. The zero-order valence-corrected chi connectivity index (χ0v) is 15.4. The molecule has 0 radical (unpaired) electrons. The van der Waals surface area contributed by atoms with Crippen LogP contribution in [0.1, 0.15) is 34.2 Å². The molecule has 5 heteroatoms. The van der Waals surface area contributed by atoms with Gasteiger partial charge in [-0.3, -0.25) is 0 Å². The van der Waals surface area contributed by atoms with E-state index in [4.69, 9.17) is 9.26 Å². The van der Waals surface area contributed by atoms with Crippen molar-refractivity contribution in [3.05, 3.63) is 70.6 Å². The van der Waals surface area contributed by atoms with E-state index in [-0.39, 0.29) is 6.10 Å². The fourth-order valence-electron chi connectivity index (χ4n) is 3.47. The summed E-state index contributed by atoms with van der Waals surface area (Å²) in [5.41, 5.74) is 5.95. The van der Waals surface area contributed by atoms with Crippen molar-refractivity contribution in [3.63, 3.8) is 0 Å². The topological polar surface area (TPSA) is 51.4 Å². The van der Waals surface area contributed by atoms with Gasteiger partial charge in [0.1, 0.15) is 0 Å². The highest BCUT2D eigenvalue weighted by molar-refractivity contribution is 5.55. The number of benzene rings is 2. The third-order valence-corrected chi connectivity index (χ3v) is 4.74. The summed E-state index contributed by atoms with van der Waals surface area (Å²) in [5.74, 6) is 1.11. The second kappa shape index (κ2) is 7.02. The van der Waals surface area contributed by atoms with Crippen LogP contribution in [-0.2, 0) is 17.7 Å². The number of aryl methyl sites for hydroxylation is 1. The SMILES string of the molecule is Cc1cccc2c1CCOC2c1nc(-c2ccc(CN(C)C)cc2)no1. The minimum atomic E-state index is -0.284. The molecule has 5 nitrogen and oxygen atoms in total. The Labute approximate surface area is 153 Å². The molecule has 134 valence electrons. The van der Waals surface area contributed by atoms with E-state index in [0.717, 1.165) is 24.1 Å². The second-order valence-corrected chi connectivity index (χ2v) is 7.03. The van der Waals surface area contributed by atoms with Crippen molar-refractivity contribution in [1.29, 1.82) is 0 Å². The molecule has 0 aliphatic carbocycles. The Morgan fingerprint density at radius 1 is 1.12 bits per heavy atom. The lowest BCUT2D eigenvalue weighted by molar-refractivity contribution is 0.0474. The lowest BCUT2D eigenvalue weighted by Crippen LogP contribution is -2.18. The van der Waals surface area contributed by atoms with Crippen molar-refractivity contribution in [3.8, 4) is 11.4 Å². The smallest absolute Gasteiger partial charge is 0.260 e. The Bertz CT molecular complexity index is 900. The summed E-state index contributed by atoms with van der Waals surface area (Å²) in [5, 5.41) is 4.17. The minimum Gasteiger partial charge on any atom is -0.363 e. The lowest BCUT2D eigenvalue weighted by Gasteiger charge is -2.24. The van der Waals surface area contributed by atoms with Gasteiger partial charge in [0.25, 0.3) is 5.89 Å². The van der Waals surface area contributed by atoms with Crippen LogP contribution in [0.15, 0.2) is 47.0 Å². The molecule has 0 saturated heterocycles. The van der Waals surface area contributed by atoms with Crippen molar-refractivity contribution >= 4 is 0 Å². The average Bonchev–Trinajstić information content (AvgIpc) is 3.12. The van der Waals surface area contributed by atoms with Gasteiger partial charge in [0.15, 0.2) is 6.10 Å². The van der Waals surface area contributed by atoms with Gasteiger partial charge in [0.2, 0.25) is 5.82 Å². The predicted molar refractivity (Wildman–Crippen MR) is 99.8 cm³/mol. The van der Waals surface area contributed by atoms with Gasteiger partial charge < -0.3 is 14.2 Å². The summed E-state index contributed by atoms with van der Waals surface area (Å²) < 4.78 is 11.5. The van der Waals surface area contributed by atoms with Crippen LogP contribution >= 0.6 is 0 Å². The van der Waals surface area contributed by atoms with Crippen LogP contribution in [0.2, 0.25) is 0 Å². The van der Waals surface area contributed by atoms with Crippen LogP contribution in [0, 0.1) is 6.92 Å². The van der Waals surface area contributed by atoms with E-state index < -0.39 is 0 Å². The molecular formula is C21H23N3O2. The second-order valence-electron chi connectivity index (χ2n) is 7.03. The Balaban J connectivity index is 1.61. The molecule has 0 bridgehead atoms. The zero-order valence-electron chi connectivity index (χ0n) is 15.4. The monoisotopic (exact) mass is 349 g/mol. The Hall–Kier alpha value is -2.50. The Morgan fingerprint density at radius 2 is 1.92 bits per heavy atom. The summed E-state index contributed by atoms with van der Waals surface area (Å²) in [7, 11) is 4.12. The number of rotatable bonds is 4. The van der Waals surface area contributed by atoms with Gasteiger partial charge in [-0.25, -0.2) is 0 Å². The lowest BCUT2D eigenvalue weighted by atomic mass is 9.93. The van der Waals surface area contributed by atoms with Gasteiger partial charge in [-0.2, -0.15) is 4.98 Å². The maximum Gasteiger partial charge on any atom is 0.260 e. The molecule has 26 heavy (non-hydrogen) atoms. The van der Waals surface area contributed by atoms with E-state index in [2.05, 4.69) is 66.4 Å². The first-order valence-electron chi connectivity index (χ1n) is 8.89. The van der Waals surface area contributed by atoms with Crippen LogP contribution in [0.25, 0.3) is 11.4 Å². The Kier molecular flexibility index (Phi) is 4.57. The number of nitrogens with zero attached hydrogens (tertiary/aromatic N) is 3. The van der Waals surface area contributed by atoms with Crippen molar-refractivity contribution in [2.24, 2.45) is 0 Å². The first-order valence-corrected chi connectivity index (χ1v) is 8.89. The summed E-state index contributed by atoms with van der Waals surface area (Å²) in [6.45, 7) is 3.71. The molecule has 1 unspecified atom stereocenters. The van der Waals surface area contributed by atoms with Crippen molar-refractivity contribution in [2.45, 2.75) is 26.0 Å². The summed E-state index contributed by atoms with van der Waals surface area (Å²) >= 11 is 0. The first kappa shape index (κ1) is 16.9. The van der Waals surface area contributed by atoms with E-state index in [9.17, 15) is 0 Å². The van der Waals surface area contributed by atoms with Gasteiger partial charge in [-0.05, 0) is 49.7 Å². The fourth-order valence-corrected chi connectivity index (χ4v) is 3.47. The van der Waals surface area contributed by atoms with Crippen LogP contribution < -0.4 is 0 Å². The summed E-state index contributed by atoms with van der Waals surface area (Å²) in [4.78, 5) is 6.75. The third-order valence-electron chi connectivity index (χ3n) is 4.74. The molecule has 0 N–H and O–H groups in total. The number of ether oxygens (including phenoxy) is 1.